The number of carbonyl (C=O) groups is 2. The Kier molecular flexibility index (Phi) is 6.48. The average molecular weight is 369 g/mol. The van der Waals surface area contributed by atoms with E-state index in [9.17, 15) is 9.59 Å². The van der Waals surface area contributed by atoms with E-state index in [4.69, 9.17) is 10.5 Å². The maximum atomic E-state index is 12.2. The summed E-state index contributed by atoms with van der Waals surface area (Å²) in [5, 5.41) is 7.08. The average Bonchev–Trinajstić information content (AvgIpc) is 3.00. The van der Waals surface area contributed by atoms with E-state index in [0.717, 1.165) is 5.56 Å². The molecule has 27 heavy (non-hydrogen) atoms. The molecule has 0 spiro atoms. The Labute approximate surface area is 157 Å². The Morgan fingerprint density at radius 2 is 2.19 bits per heavy atom. The number of aryl methyl sites for hydroxylation is 1. The summed E-state index contributed by atoms with van der Waals surface area (Å²) in [5.74, 6) is -0.526. The van der Waals surface area contributed by atoms with Crippen molar-refractivity contribution in [1.82, 2.24) is 14.8 Å². The quantitative estimate of drug-likeness (QED) is 0.695. The molecule has 3 N–H and O–H groups in total. The van der Waals surface area contributed by atoms with E-state index >= 15 is 0 Å². The first-order chi connectivity index (χ1) is 12.9. The number of hydrogen-bond donors (Lipinski definition) is 2. The van der Waals surface area contributed by atoms with E-state index in [2.05, 4.69) is 28.6 Å². The van der Waals surface area contributed by atoms with Crippen molar-refractivity contribution in [3.63, 3.8) is 0 Å². The molecule has 0 saturated heterocycles. The number of amides is 2. The zero-order valence-corrected chi connectivity index (χ0v) is 15.4. The molecule has 0 aliphatic heterocycles. The Hall–Kier alpha value is -3.42. The molecule has 8 nitrogen and oxygen atoms in total. The van der Waals surface area contributed by atoms with Gasteiger partial charge in [-0.3, -0.25) is 14.5 Å². The second kappa shape index (κ2) is 8.79. The first-order valence-electron chi connectivity index (χ1n) is 8.36. The Balaban J connectivity index is 2.40. The molecule has 2 heterocycles. The van der Waals surface area contributed by atoms with Crippen molar-refractivity contribution in [2.75, 3.05) is 5.32 Å². The molecule has 2 rings (SSSR count). The number of nitrogens with zero attached hydrogens (tertiary/aromatic N) is 3. The van der Waals surface area contributed by atoms with Crippen LogP contribution in [-0.2, 0) is 16.6 Å². The fraction of sp³-hybridized carbons (Fsp3) is 0.263. The summed E-state index contributed by atoms with van der Waals surface area (Å²) >= 11 is 0. The van der Waals surface area contributed by atoms with Crippen molar-refractivity contribution < 1.29 is 14.3 Å². The van der Waals surface area contributed by atoms with Crippen LogP contribution < -0.4 is 11.1 Å². The van der Waals surface area contributed by atoms with Gasteiger partial charge < -0.3 is 15.8 Å². The number of carbonyl (C=O) groups excluding carboxylic acids is 2. The van der Waals surface area contributed by atoms with Crippen LogP contribution in [0.5, 0.6) is 0 Å². The molecule has 2 atom stereocenters. The van der Waals surface area contributed by atoms with Crippen LogP contribution in [-0.4, -0.2) is 26.8 Å². The molecular formula is C19H23N5O3. The number of primary amides is 1. The molecule has 1 unspecified atom stereocenters. The van der Waals surface area contributed by atoms with Crippen molar-refractivity contribution in [1.29, 1.82) is 0 Å². The SMILES string of the molecule is C=CC[C@H](OC(N)=O)c1cc(-c2c(NC(=O)C(C)C=C)cnn2C)ccn1. The summed E-state index contributed by atoms with van der Waals surface area (Å²) in [5.41, 5.74) is 7.67. The first-order valence-corrected chi connectivity index (χ1v) is 8.36. The summed E-state index contributed by atoms with van der Waals surface area (Å²) in [4.78, 5) is 27.6. The third-order valence-electron chi connectivity index (χ3n) is 3.99. The lowest BCUT2D eigenvalue weighted by Crippen LogP contribution is -2.19. The van der Waals surface area contributed by atoms with Crippen LogP contribution >= 0.6 is 0 Å². The Morgan fingerprint density at radius 1 is 1.44 bits per heavy atom. The van der Waals surface area contributed by atoms with Gasteiger partial charge >= 0.3 is 6.09 Å². The monoisotopic (exact) mass is 369 g/mol. The van der Waals surface area contributed by atoms with Crippen LogP contribution in [0.3, 0.4) is 0 Å². The molecule has 2 aromatic heterocycles. The molecule has 0 radical (unpaired) electrons. The van der Waals surface area contributed by atoms with E-state index in [-0.39, 0.29) is 11.8 Å². The first kappa shape index (κ1) is 19.9. The molecule has 2 amide bonds. The van der Waals surface area contributed by atoms with Crippen molar-refractivity contribution in [2.24, 2.45) is 18.7 Å². The maximum Gasteiger partial charge on any atom is 0.405 e. The van der Waals surface area contributed by atoms with E-state index < -0.39 is 12.2 Å². The van der Waals surface area contributed by atoms with Gasteiger partial charge in [-0.2, -0.15) is 5.10 Å². The normalized spacial score (nSPS) is 12.7. The van der Waals surface area contributed by atoms with Gasteiger partial charge in [0.15, 0.2) is 0 Å². The summed E-state index contributed by atoms with van der Waals surface area (Å²) in [6.45, 7) is 9.05. The topological polar surface area (TPSA) is 112 Å². The highest BCUT2D eigenvalue weighted by atomic mass is 16.6. The summed E-state index contributed by atoms with van der Waals surface area (Å²) in [6.07, 6.45) is 5.18. The van der Waals surface area contributed by atoms with Crippen LogP contribution in [0, 0.1) is 5.92 Å². The number of aromatic nitrogens is 3. The fourth-order valence-corrected chi connectivity index (χ4v) is 2.52. The molecule has 0 aliphatic rings. The zero-order chi connectivity index (χ0) is 20.0. The Morgan fingerprint density at radius 3 is 2.81 bits per heavy atom. The van der Waals surface area contributed by atoms with Crippen molar-refractivity contribution in [3.05, 3.63) is 55.5 Å². The van der Waals surface area contributed by atoms with Gasteiger partial charge in [-0.15, -0.1) is 13.2 Å². The molecule has 142 valence electrons. The van der Waals surface area contributed by atoms with Crippen molar-refractivity contribution >= 4 is 17.7 Å². The minimum Gasteiger partial charge on any atom is -0.440 e. The molecular weight excluding hydrogens is 346 g/mol. The number of hydrogen-bond acceptors (Lipinski definition) is 5. The second-order valence-corrected chi connectivity index (χ2v) is 5.96. The van der Waals surface area contributed by atoms with Gasteiger partial charge in [0.05, 0.1) is 29.2 Å². The number of nitrogens with one attached hydrogen (secondary N) is 1. The highest BCUT2D eigenvalue weighted by Crippen LogP contribution is 2.30. The van der Waals surface area contributed by atoms with Gasteiger partial charge in [0, 0.05) is 25.2 Å². The molecule has 2 aromatic rings. The molecule has 8 heteroatoms. The molecule has 0 fully saturated rings. The third-order valence-corrected chi connectivity index (χ3v) is 3.99. The smallest absolute Gasteiger partial charge is 0.405 e. The van der Waals surface area contributed by atoms with Gasteiger partial charge in [0.1, 0.15) is 6.10 Å². The minimum atomic E-state index is -0.888. The molecule has 0 bridgehead atoms. The van der Waals surface area contributed by atoms with Gasteiger partial charge in [-0.05, 0) is 12.1 Å². The minimum absolute atomic E-state index is 0.185. The van der Waals surface area contributed by atoms with E-state index in [0.29, 0.717) is 23.5 Å². The summed E-state index contributed by atoms with van der Waals surface area (Å²) in [6, 6.07) is 3.54. The zero-order valence-electron chi connectivity index (χ0n) is 15.4. The number of ether oxygens (including phenoxy) is 1. The number of nitrogens with two attached hydrogens (primary N) is 1. The Bertz CT molecular complexity index is 859. The largest absolute Gasteiger partial charge is 0.440 e. The third kappa shape index (κ3) is 4.81. The highest BCUT2D eigenvalue weighted by molar-refractivity contribution is 5.96. The lowest BCUT2D eigenvalue weighted by Gasteiger charge is -2.16. The lowest BCUT2D eigenvalue weighted by molar-refractivity contribution is -0.118. The summed E-state index contributed by atoms with van der Waals surface area (Å²) < 4.78 is 6.77. The standard InChI is InChI=1S/C19H23N5O3/c1-5-7-16(27-19(20)26)14-10-13(8-9-21-14)17-15(11-22-24(17)4)23-18(25)12(3)6-2/h5-6,8-12,16H,1-2,7H2,3-4H3,(H2,20,26)(H,23,25)/t12?,16-/m0/s1. The van der Waals surface area contributed by atoms with Crippen LogP contribution in [0.2, 0.25) is 0 Å². The second-order valence-electron chi connectivity index (χ2n) is 5.96. The predicted molar refractivity (Wildman–Crippen MR) is 103 cm³/mol. The maximum absolute atomic E-state index is 12.2. The van der Waals surface area contributed by atoms with E-state index in [1.807, 2.05) is 0 Å². The van der Waals surface area contributed by atoms with Gasteiger partial charge in [-0.1, -0.05) is 19.1 Å². The number of anilines is 1. The lowest BCUT2D eigenvalue weighted by atomic mass is 10.1. The van der Waals surface area contributed by atoms with E-state index in [1.54, 1.807) is 55.3 Å². The predicted octanol–water partition coefficient (Wildman–Crippen LogP) is 2.96. The van der Waals surface area contributed by atoms with Crippen LogP contribution in [0.4, 0.5) is 10.5 Å². The molecule has 0 saturated carbocycles. The van der Waals surface area contributed by atoms with Gasteiger partial charge in [0.2, 0.25) is 5.91 Å². The molecule has 0 aromatic carbocycles. The molecule has 0 aliphatic carbocycles. The van der Waals surface area contributed by atoms with Gasteiger partial charge in [0.25, 0.3) is 0 Å². The number of rotatable bonds is 8. The number of pyridine rings is 1. The van der Waals surface area contributed by atoms with Crippen molar-refractivity contribution in [2.45, 2.75) is 19.4 Å². The summed E-state index contributed by atoms with van der Waals surface area (Å²) in [7, 11) is 1.77. The fourth-order valence-electron chi connectivity index (χ4n) is 2.52. The highest BCUT2D eigenvalue weighted by Gasteiger charge is 2.19. The van der Waals surface area contributed by atoms with Crippen LogP contribution in [0.25, 0.3) is 11.3 Å². The van der Waals surface area contributed by atoms with Crippen LogP contribution in [0.1, 0.15) is 25.1 Å². The van der Waals surface area contributed by atoms with Gasteiger partial charge in [-0.25, -0.2) is 4.79 Å². The van der Waals surface area contributed by atoms with Crippen molar-refractivity contribution in [3.8, 4) is 11.3 Å². The van der Waals surface area contributed by atoms with Crippen LogP contribution in [0.15, 0.2) is 49.8 Å². The van der Waals surface area contributed by atoms with E-state index in [1.165, 1.54) is 0 Å².